The summed E-state index contributed by atoms with van der Waals surface area (Å²) in [5, 5.41) is 10.1. The van der Waals surface area contributed by atoms with Crippen molar-refractivity contribution in [2.45, 2.75) is 31.4 Å². The molecule has 3 N–H and O–H groups in total. The van der Waals surface area contributed by atoms with Crippen LogP contribution in [0.3, 0.4) is 0 Å². The van der Waals surface area contributed by atoms with Crippen molar-refractivity contribution in [3.8, 4) is 0 Å². The Morgan fingerprint density at radius 3 is 3.05 bits per heavy atom. The second-order valence-electron chi connectivity index (χ2n) is 5.14. The summed E-state index contributed by atoms with van der Waals surface area (Å²) < 4.78 is 5.58. The fourth-order valence-electron chi connectivity index (χ4n) is 2.54. The maximum atomic E-state index is 5.58. The van der Waals surface area contributed by atoms with Gasteiger partial charge in [0.15, 0.2) is 0 Å². The lowest BCUT2D eigenvalue weighted by Crippen LogP contribution is -2.23. The van der Waals surface area contributed by atoms with Crippen molar-refractivity contribution in [3.05, 3.63) is 12.4 Å². The van der Waals surface area contributed by atoms with E-state index < -0.39 is 0 Å². The second kappa shape index (κ2) is 6.16. The highest BCUT2D eigenvalue weighted by Crippen LogP contribution is 2.15. The molecule has 3 rings (SSSR count). The Labute approximate surface area is 113 Å². The van der Waals surface area contributed by atoms with Gasteiger partial charge in [0.1, 0.15) is 18.0 Å². The third kappa shape index (κ3) is 3.54. The van der Waals surface area contributed by atoms with Crippen LogP contribution in [0.5, 0.6) is 0 Å². The molecule has 0 amide bonds. The zero-order valence-electron chi connectivity index (χ0n) is 11.1. The zero-order valence-corrected chi connectivity index (χ0v) is 11.1. The smallest absolute Gasteiger partial charge is 0.131 e. The highest BCUT2D eigenvalue weighted by atomic mass is 16.5. The van der Waals surface area contributed by atoms with Crippen LogP contribution >= 0.6 is 0 Å². The third-order valence-electron chi connectivity index (χ3n) is 3.61. The largest absolute Gasteiger partial charge is 0.376 e. The van der Waals surface area contributed by atoms with Crippen LogP contribution in [0.25, 0.3) is 0 Å². The van der Waals surface area contributed by atoms with Crippen molar-refractivity contribution in [3.63, 3.8) is 0 Å². The van der Waals surface area contributed by atoms with Crippen LogP contribution in [0.2, 0.25) is 0 Å². The van der Waals surface area contributed by atoms with Gasteiger partial charge in [-0.2, -0.15) is 0 Å². The minimum atomic E-state index is 0.324. The summed E-state index contributed by atoms with van der Waals surface area (Å²) in [6.07, 6.45) is 5.37. The molecule has 0 bridgehead atoms. The van der Waals surface area contributed by atoms with Gasteiger partial charge in [-0.1, -0.05) is 0 Å². The monoisotopic (exact) mass is 263 g/mol. The van der Waals surface area contributed by atoms with E-state index in [0.29, 0.717) is 12.1 Å². The first kappa shape index (κ1) is 12.6. The molecule has 2 aliphatic rings. The molecule has 1 aromatic heterocycles. The van der Waals surface area contributed by atoms with E-state index in [0.717, 1.165) is 57.1 Å². The number of anilines is 2. The van der Waals surface area contributed by atoms with E-state index in [2.05, 4.69) is 25.9 Å². The van der Waals surface area contributed by atoms with E-state index in [1.165, 1.54) is 0 Å². The van der Waals surface area contributed by atoms with Gasteiger partial charge in [0, 0.05) is 31.8 Å². The molecule has 0 aromatic carbocycles. The molecule has 3 heterocycles. The molecule has 2 fully saturated rings. The normalized spacial score (nSPS) is 26.5. The minimum Gasteiger partial charge on any atom is -0.376 e. The number of hydrogen-bond acceptors (Lipinski definition) is 6. The highest BCUT2D eigenvalue weighted by molar-refractivity contribution is 5.47. The van der Waals surface area contributed by atoms with Gasteiger partial charge in [-0.05, 0) is 25.8 Å². The molecule has 2 saturated heterocycles. The highest BCUT2D eigenvalue weighted by Gasteiger charge is 2.16. The predicted molar refractivity (Wildman–Crippen MR) is 74.4 cm³/mol. The minimum absolute atomic E-state index is 0.324. The Balaban J connectivity index is 1.52. The topological polar surface area (TPSA) is 71.1 Å². The van der Waals surface area contributed by atoms with Gasteiger partial charge in [0.2, 0.25) is 0 Å². The molecule has 1 aromatic rings. The summed E-state index contributed by atoms with van der Waals surface area (Å²) >= 11 is 0. The molecule has 104 valence electrons. The number of nitrogens with zero attached hydrogens (tertiary/aromatic N) is 2. The molecule has 19 heavy (non-hydrogen) atoms. The second-order valence-corrected chi connectivity index (χ2v) is 5.14. The van der Waals surface area contributed by atoms with Gasteiger partial charge in [0.25, 0.3) is 0 Å². The molecule has 6 nitrogen and oxygen atoms in total. The first-order valence-electron chi connectivity index (χ1n) is 7.05. The lowest BCUT2D eigenvalue weighted by molar-refractivity contribution is 0.120. The van der Waals surface area contributed by atoms with E-state index in [-0.39, 0.29) is 0 Å². The van der Waals surface area contributed by atoms with Crippen LogP contribution in [0.4, 0.5) is 11.6 Å². The van der Waals surface area contributed by atoms with Crippen LogP contribution in [0.15, 0.2) is 12.4 Å². The van der Waals surface area contributed by atoms with Gasteiger partial charge < -0.3 is 20.7 Å². The molecule has 0 radical (unpaired) electrons. The predicted octanol–water partition coefficient (Wildman–Crippen LogP) is 0.841. The Morgan fingerprint density at radius 1 is 1.32 bits per heavy atom. The van der Waals surface area contributed by atoms with Crippen molar-refractivity contribution in [1.82, 2.24) is 15.3 Å². The lowest BCUT2D eigenvalue weighted by atomic mass is 10.2. The van der Waals surface area contributed by atoms with E-state index in [4.69, 9.17) is 4.74 Å². The summed E-state index contributed by atoms with van der Waals surface area (Å²) in [6.45, 7) is 3.79. The number of nitrogens with one attached hydrogen (secondary N) is 3. The van der Waals surface area contributed by atoms with Gasteiger partial charge in [0.05, 0.1) is 6.10 Å². The quantitative estimate of drug-likeness (QED) is 0.731. The molecular formula is C13H21N5O. The van der Waals surface area contributed by atoms with E-state index in [1.807, 2.05) is 6.07 Å². The Bertz CT molecular complexity index is 402. The van der Waals surface area contributed by atoms with Crippen LogP contribution in [-0.2, 0) is 4.74 Å². The van der Waals surface area contributed by atoms with E-state index in [9.17, 15) is 0 Å². The lowest BCUT2D eigenvalue weighted by Gasteiger charge is -2.14. The van der Waals surface area contributed by atoms with E-state index >= 15 is 0 Å². The average Bonchev–Trinajstić information content (AvgIpc) is 3.10. The van der Waals surface area contributed by atoms with Crippen LogP contribution in [0, 0.1) is 0 Å². The van der Waals surface area contributed by atoms with Crippen LogP contribution < -0.4 is 16.0 Å². The van der Waals surface area contributed by atoms with Crippen LogP contribution in [-0.4, -0.2) is 48.4 Å². The molecule has 0 aliphatic carbocycles. The fourth-order valence-corrected chi connectivity index (χ4v) is 2.54. The molecular weight excluding hydrogens is 242 g/mol. The number of ether oxygens (including phenoxy) is 1. The van der Waals surface area contributed by atoms with Crippen molar-refractivity contribution < 1.29 is 4.74 Å². The maximum absolute atomic E-state index is 5.58. The molecule has 0 saturated carbocycles. The molecule has 0 spiro atoms. The summed E-state index contributed by atoms with van der Waals surface area (Å²) in [4.78, 5) is 8.50. The third-order valence-corrected chi connectivity index (χ3v) is 3.61. The Kier molecular flexibility index (Phi) is 4.10. The molecule has 6 heteroatoms. The first-order chi connectivity index (χ1) is 9.40. The van der Waals surface area contributed by atoms with Gasteiger partial charge >= 0.3 is 0 Å². The van der Waals surface area contributed by atoms with Gasteiger partial charge in [-0.25, -0.2) is 9.97 Å². The van der Waals surface area contributed by atoms with Crippen molar-refractivity contribution >= 4 is 11.6 Å². The van der Waals surface area contributed by atoms with Gasteiger partial charge in [-0.3, -0.25) is 0 Å². The SMILES string of the molecule is c1nc(NC[C@H]2CCCO2)cc(N[C@@H]2CCNC2)n1. The zero-order chi connectivity index (χ0) is 12.9. The summed E-state index contributed by atoms with van der Waals surface area (Å²) in [6, 6.07) is 2.44. The van der Waals surface area contributed by atoms with Gasteiger partial charge in [-0.15, -0.1) is 0 Å². The Morgan fingerprint density at radius 2 is 2.26 bits per heavy atom. The summed E-state index contributed by atoms with van der Waals surface area (Å²) in [5.41, 5.74) is 0. The summed E-state index contributed by atoms with van der Waals surface area (Å²) in [5.74, 6) is 1.75. The Hall–Kier alpha value is -1.40. The maximum Gasteiger partial charge on any atom is 0.131 e. The fraction of sp³-hybridized carbons (Fsp3) is 0.692. The van der Waals surface area contributed by atoms with Crippen molar-refractivity contribution in [2.75, 3.05) is 36.9 Å². The van der Waals surface area contributed by atoms with Crippen molar-refractivity contribution in [2.24, 2.45) is 0 Å². The number of hydrogen-bond donors (Lipinski definition) is 3. The summed E-state index contributed by atoms with van der Waals surface area (Å²) in [7, 11) is 0. The first-order valence-corrected chi connectivity index (χ1v) is 7.05. The molecule has 2 atom stereocenters. The van der Waals surface area contributed by atoms with Crippen LogP contribution in [0.1, 0.15) is 19.3 Å². The average molecular weight is 263 g/mol. The van der Waals surface area contributed by atoms with Crippen molar-refractivity contribution in [1.29, 1.82) is 0 Å². The number of aromatic nitrogens is 2. The molecule has 2 aliphatic heterocycles. The van der Waals surface area contributed by atoms with E-state index in [1.54, 1.807) is 6.33 Å². The standard InChI is InChI=1S/C13H21N5O/c1-2-11(19-5-1)8-15-12-6-13(17-9-16-12)18-10-3-4-14-7-10/h6,9-11,14H,1-5,7-8H2,(H2,15,16,17,18)/t10-,11-/m1/s1. The molecule has 0 unspecified atom stereocenters. The number of rotatable bonds is 5.